The lowest BCUT2D eigenvalue weighted by atomic mass is 9.99. The molecule has 2 unspecified atom stereocenters. The summed E-state index contributed by atoms with van der Waals surface area (Å²) in [6.07, 6.45) is 9.38. The van der Waals surface area contributed by atoms with Crippen LogP contribution >= 0.6 is 11.6 Å². The van der Waals surface area contributed by atoms with Crippen LogP contribution in [-0.2, 0) is 4.79 Å². The number of hydrogen-bond donors (Lipinski definition) is 3. The number of aliphatic hydroxyl groups excluding tert-OH is 2. The van der Waals surface area contributed by atoms with Gasteiger partial charge in [-0.3, -0.25) is 4.79 Å². The molecule has 140 valence electrons. The van der Waals surface area contributed by atoms with E-state index in [0.29, 0.717) is 30.0 Å². The molecule has 0 saturated carbocycles. The van der Waals surface area contributed by atoms with Crippen LogP contribution in [-0.4, -0.2) is 32.4 Å². The van der Waals surface area contributed by atoms with Crippen LogP contribution in [0, 0.1) is 0 Å². The molecule has 0 aromatic carbocycles. The Labute approximate surface area is 154 Å². The number of carboxylic acids is 1. The Morgan fingerprint density at radius 2 is 2.04 bits per heavy atom. The fourth-order valence-electron chi connectivity index (χ4n) is 2.58. The van der Waals surface area contributed by atoms with Crippen molar-refractivity contribution >= 4 is 23.6 Å². The number of aromatic nitrogens is 1. The van der Waals surface area contributed by atoms with Crippen molar-refractivity contribution in [3.8, 4) is 0 Å². The maximum absolute atomic E-state index is 10.6. The minimum Gasteiger partial charge on any atom is -0.481 e. The van der Waals surface area contributed by atoms with Crippen molar-refractivity contribution in [2.24, 2.45) is 0 Å². The molecule has 0 aliphatic heterocycles. The summed E-state index contributed by atoms with van der Waals surface area (Å²) < 4.78 is 0. The average Bonchev–Trinajstić information content (AvgIpc) is 2.54. The zero-order valence-corrected chi connectivity index (χ0v) is 15.5. The zero-order chi connectivity index (χ0) is 18.7. The summed E-state index contributed by atoms with van der Waals surface area (Å²) >= 11 is 5.94. The molecule has 0 fully saturated rings. The summed E-state index contributed by atoms with van der Waals surface area (Å²) in [6, 6.07) is 1.66. The van der Waals surface area contributed by atoms with Gasteiger partial charge in [0.1, 0.15) is 5.15 Å². The van der Waals surface area contributed by atoms with Crippen LogP contribution in [0.3, 0.4) is 0 Å². The molecule has 0 bridgehead atoms. The van der Waals surface area contributed by atoms with Gasteiger partial charge in [0, 0.05) is 18.2 Å². The Hall–Kier alpha value is -1.43. The van der Waals surface area contributed by atoms with Crippen LogP contribution in [0.25, 0.3) is 6.08 Å². The second-order valence-electron chi connectivity index (χ2n) is 6.23. The van der Waals surface area contributed by atoms with E-state index in [1.165, 1.54) is 6.20 Å². The van der Waals surface area contributed by atoms with Crippen LogP contribution in [0.2, 0.25) is 5.15 Å². The van der Waals surface area contributed by atoms with Gasteiger partial charge in [0.25, 0.3) is 0 Å². The third kappa shape index (κ3) is 9.00. The van der Waals surface area contributed by atoms with Gasteiger partial charge in [0.2, 0.25) is 0 Å². The molecule has 0 aliphatic rings. The highest BCUT2D eigenvalue weighted by Crippen LogP contribution is 2.25. The van der Waals surface area contributed by atoms with Crippen LogP contribution in [0.1, 0.15) is 75.5 Å². The van der Waals surface area contributed by atoms with Crippen molar-refractivity contribution in [1.29, 1.82) is 0 Å². The van der Waals surface area contributed by atoms with Crippen LogP contribution in [0.15, 0.2) is 18.3 Å². The van der Waals surface area contributed by atoms with Crippen LogP contribution in [0.4, 0.5) is 0 Å². The van der Waals surface area contributed by atoms with E-state index in [1.807, 2.05) is 12.2 Å². The van der Waals surface area contributed by atoms with Gasteiger partial charge in [-0.05, 0) is 37.3 Å². The van der Waals surface area contributed by atoms with Crippen molar-refractivity contribution < 1.29 is 20.1 Å². The first kappa shape index (κ1) is 21.6. The molecule has 1 aromatic heterocycles. The highest BCUT2D eigenvalue weighted by Gasteiger charge is 2.13. The van der Waals surface area contributed by atoms with E-state index in [2.05, 4.69) is 11.9 Å². The fraction of sp³-hybridized carbons (Fsp3) is 0.579. The minimum atomic E-state index is -0.876. The zero-order valence-electron chi connectivity index (χ0n) is 14.7. The van der Waals surface area contributed by atoms with E-state index in [9.17, 15) is 15.0 Å². The number of unbranched alkanes of at least 4 members (excludes halogenated alkanes) is 2. The second kappa shape index (κ2) is 12.0. The predicted molar refractivity (Wildman–Crippen MR) is 99.5 cm³/mol. The number of aliphatic carboxylic acids is 1. The van der Waals surface area contributed by atoms with Gasteiger partial charge in [0.15, 0.2) is 0 Å². The van der Waals surface area contributed by atoms with Crippen LogP contribution in [0.5, 0.6) is 0 Å². The number of carbonyl (C=O) groups is 1. The normalized spacial score (nSPS) is 13.9. The van der Waals surface area contributed by atoms with E-state index in [4.69, 9.17) is 16.7 Å². The Balaban J connectivity index is 2.66. The fourth-order valence-corrected chi connectivity index (χ4v) is 2.75. The molecular formula is C19H28ClNO4. The molecular weight excluding hydrogens is 342 g/mol. The van der Waals surface area contributed by atoms with Gasteiger partial charge in [0.05, 0.1) is 12.2 Å². The van der Waals surface area contributed by atoms with Gasteiger partial charge in [-0.1, -0.05) is 49.9 Å². The molecule has 1 heterocycles. The van der Waals surface area contributed by atoms with Gasteiger partial charge in [-0.2, -0.15) is 0 Å². The summed E-state index contributed by atoms with van der Waals surface area (Å²) in [5.74, 6) is -0.876. The molecule has 25 heavy (non-hydrogen) atoms. The molecule has 0 spiro atoms. The molecule has 1 rings (SSSR count). The Bertz CT molecular complexity index is 562. The first-order valence-electron chi connectivity index (χ1n) is 8.84. The third-order valence-electron chi connectivity index (χ3n) is 4.01. The monoisotopic (exact) mass is 369 g/mol. The summed E-state index contributed by atoms with van der Waals surface area (Å²) in [4.78, 5) is 14.6. The predicted octanol–water partition coefficient (Wildman–Crippen LogP) is 4.37. The third-order valence-corrected chi connectivity index (χ3v) is 4.22. The van der Waals surface area contributed by atoms with Gasteiger partial charge in [-0.25, -0.2) is 4.98 Å². The number of aliphatic hydroxyl groups is 2. The minimum absolute atomic E-state index is 0.0210. The summed E-state index contributed by atoms with van der Waals surface area (Å²) in [6.45, 7) is 2.13. The molecule has 3 N–H and O–H groups in total. The van der Waals surface area contributed by atoms with E-state index in [-0.39, 0.29) is 12.5 Å². The number of pyridine rings is 1. The number of rotatable bonds is 12. The van der Waals surface area contributed by atoms with Crippen LogP contribution < -0.4 is 0 Å². The van der Waals surface area contributed by atoms with Crippen molar-refractivity contribution in [3.63, 3.8) is 0 Å². The topological polar surface area (TPSA) is 90.7 Å². The largest absolute Gasteiger partial charge is 0.481 e. The highest BCUT2D eigenvalue weighted by atomic mass is 35.5. The molecule has 2 atom stereocenters. The molecule has 1 aromatic rings. The molecule has 6 heteroatoms. The van der Waals surface area contributed by atoms with Gasteiger partial charge in [-0.15, -0.1) is 0 Å². The van der Waals surface area contributed by atoms with E-state index >= 15 is 0 Å². The first-order valence-corrected chi connectivity index (χ1v) is 9.21. The quantitative estimate of drug-likeness (QED) is 0.376. The number of halogens is 1. The first-order chi connectivity index (χ1) is 11.9. The number of carboxylic acid groups (broad SMARTS) is 1. The summed E-state index contributed by atoms with van der Waals surface area (Å²) in [5.41, 5.74) is 1.36. The van der Waals surface area contributed by atoms with Crippen molar-refractivity contribution in [1.82, 2.24) is 4.98 Å². The van der Waals surface area contributed by atoms with E-state index in [0.717, 1.165) is 31.2 Å². The van der Waals surface area contributed by atoms with E-state index in [1.54, 1.807) is 6.07 Å². The highest BCUT2D eigenvalue weighted by molar-refractivity contribution is 6.29. The smallest absolute Gasteiger partial charge is 0.303 e. The maximum atomic E-state index is 10.6. The van der Waals surface area contributed by atoms with Crippen molar-refractivity contribution in [2.75, 3.05) is 0 Å². The number of nitrogens with zero attached hydrogens (tertiary/aromatic N) is 1. The molecule has 0 aliphatic carbocycles. The Morgan fingerprint density at radius 1 is 1.28 bits per heavy atom. The lowest BCUT2D eigenvalue weighted by molar-refractivity contribution is -0.137. The molecule has 0 saturated heterocycles. The average molecular weight is 370 g/mol. The maximum Gasteiger partial charge on any atom is 0.303 e. The van der Waals surface area contributed by atoms with E-state index < -0.39 is 12.1 Å². The van der Waals surface area contributed by atoms with Gasteiger partial charge >= 0.3 is 5.97 Å². The number of hydrogen-bond acceptors (Lipinski definition) is 4. The molecule has 5 nitrogen and oxygen atoms in total. The Kier molecular flexibility index (Phi) is 10.4. The second-order valence-corrected chi connectivity index (χ2v) is 6.61. The SMILES string of the molecule is CCCCCC(O)C/C=C/c1cc(Cl)ncc1C(O)CCCC(=O)O. The Morgan fingerprint density at radius 3 is 2.72 bits per heavy atom. The molecule has 0 amide bonds. The van der Waals surface area contributed by atoms with Crippen molar-refractivity contribution in [3.05, 3.63) is 34.6 Å². The lowest BCUT2D eigenvalue weighted by Gasteiger charge is -2.13. The summed E-state index contributed by atoms with van der Waals surface area (Å²) in [7, 11) is 0. The van der Waals surface area contributed by atoms with Gasteiger partial charge < -0.3 is 15.3 Å². The van der Waals surface area contributed by atoms with Crippen molar-refractivity contribution in [2.45, 2.75) is 70.5 Å². The lowest BCUT2D eigenvalue weighted by Crippen LogP contribution is -2.05. The standard InChI is InChI=1S/C19H28ClNO4/c1-2-3-4-8-15(22)9-5-7-14-12-18(20)21-13-16(14)17(23)10-6-11-19(24)25/h5,7,12-13,15,17,22-23H,2-4,6,8-11H2,1H3,(H,24,25)/b7-5+. The summed E-state index contributed by atoms with van der Waals surface area (Å²) in [5, 5.41) is 29.3. The molecule has 0 radical (unpaired) electrons.